The van der Waals surface area contributed by atoms with Crippen LogP contribution in [0.15, 0.2) is 34.9 Å². The molecule has 0 aliphatic heterocycles. The Morgan fingerprint density at radius 3 is 2.32 bits per heavy atom. The van der Waals surface area contributed by atoms with E-state index >= 15 is 0 Å². The monoisotopic (exact) mass is 529 g/mol. The lowest BCUT2D eigenvalue weighted by atomic mass is 9.36. The van der Waals surface area contributed by atoms with Crippen LogP contribution in [0, 0.1) is 39.9 Å². The number of carbonyl (C=O) groups excluding carboxylic acids is 1. The highest BCUT2D eigenvalue weighted by Crippen LogP contribution is 2.74. The lowest BCUT2D eigenvalue weighted by molar-refractivity contribution is -0.236. The fraction of sp³-hybridized carbons (Fsp3) is 0.742. The minimum absolute atomic E-state index is 0.0395. The molecule has 0 saturated heterocycles. The number of carboxylic acid groups (broad SMARTS) is 1. The third kappa shape index (κ3) is 4.29. The molecule has 7 heteroatoms. The number of aliphatic hydroxyl groups is 2. The van der Waals surface area contributed by atoms with Gasteiger partial charge in [-0.1, -0.05) is 45.4 Å². The summed E-state index contributed by atoms with van der Waals surface area (Å²) in [6.07, 6.45) is 6.65. The normalized spacial score (nSPS) is 47.5. The van der Waals surface area contributed by atoms with Gasteiger partial charge >= 0.3 is 11.9 Å². The van der Waals surface area contributed by atoms with Crippen molar-refractivity contribution in [1.82, 2.24) is 0 Å². The van der Waals surface area contributed by atoms with Crippen LogP contribution < -0.4 is 5.73 Å². The van der Waals surface area contributed by atoms with Crippen LogP contribution in [-0.2, 0) is 14.3 Å². The molecule has 0 heterocycles. The number of ether oxygens (including phenoxy) is 1. The van der Waals surface area contributed by atoms with Crippen LogP contribution in [0.3, 0.4) is 0 Å². The number of rotatable bonds is 4. The zero-order valence-corrected chi connectivity index (χ0v) is 24.0. The van der Waals surface area contributed by atoms with Gasteiger partial charge in [-0.25, -0.2) is 4.79 Å². The van der Waals surface area contributed by atoms with E-state index in [9.17, 15) is 24.9 Å². The molecule has 4 aliphatic rings. The van der Waals surface area contributed by atoms with Gasteiger partial charge in [0.1, 0.15) is 6.10 Å². The Morgan fingerprint density at radius 2 is 1.74 bits per heavy atom. The molecule has 0 radical (unpaired) electrons. The van der Waals surface area contributed by atoms with Crippen molar-refractivity contribution in [3.8, 4) is 0 Å². The van der Waals surface area contributed by atoms with E-state index in [1.807, 2.05) is 19.9 Å². The summed E-state index contributed by atoms with van der Waals surface area (Å²) >= 11 is 0. The van der Waals surface area contributed by atoms with Gasteiger partial charge in [-0.2, -0.15) is 0 Å². The second kappa shape index (κ2) is 9.90. The maximum Gasteiger partial charge on any atom is 0.335 e. The highest BCUT2D eigenvalue weighted by atomic mass is 16.5. The molecule has 4 aliphatic carbocycles. The van der Waals surface area contributed by atoms with Crippen LogP contribution in [0.4, 0.5) is 0 Å². The Kier molecular flexibility index (Phi) is 7.56. The molecular weight excluding hydrogens is 482 g/mol. The van der Waals surface area contributed by atoms with Crippen molar-refractivity contribution in [1.29, 1.82) is 0 Å². The van der Waals surface area contributed by atoms with Crippen molar-refractivity contribution in [2.24, 2.45) is 45.7 Å². The summed E-state index contributed by atoms with van der Waals surface area (Å²) in [4.78, 5) is 24.8. The molecule has 4 fully saturated rings. The Labute approximate surface area is 227 Å². The molecule has 0 aromatic carbocycles. The Bertz CT molecular complexity index is 1070. The molecule has 0 unspecified atom stereocenters. The molecule has 212 valence electrons. The minimum Gasteiger partial charge on any atom is -0.478 e. The first kappa shape index (κ1) is 29.0. The van der Waals surface area contributed by atoms with E-state index in [2.05, 4.69) is 27.7 Å². The number of hydrogen-bond acceptors (Lipinski definition) is 6. The van der Waals surface area contributed by atoms with Crippen LogP contribution >= 0.6 is 0 Å². The molecule has 0 bridgehead atoms. The first-order chi connectivity index (χ1) is 17.6. The van der Waals surface area contributed by atoms with Crippen molar-refractivity contribution in [2.75, 3.05) is 0 Å². The summed E-state index contributed by atoms with van der Waals surface area (Å²) in [5, 5.41) is 33.0. The Morgan fingerprint density at radius 1 is 1.08 bits per heavy atom. The molecule has 11 atom stereocenters. The molecule has 0 aromatic rings. The highest BCUT2D eigenvalue weighted by molar-refractivity contribution is 5.91. The molecule has 0 aromatic heterocycles. The highest BCUT2D eigenvalue weighted by Gasteiger charge is 2.71. The second-order valence-electron chi connectivity index (χ2n) is 13.6. The second-order valence-corrected chi connectivity index (χ2v) is 13.6. The van der Waals surface area contributed by atoms with E-state index in [0.29, 0.717) is 24.8 Å². The van der Waals surface area contributed by atoms with E-state index < -0.39 is 35.7 Å². The average Bonchev–Trinajstić information content (AvgIpc) is 3.06. The van der Waals surface area contributed by atoms with Gasteiger partial charge in [0.05, 0.1) is 17.8 Å². The number of nitrogens with two attached hydrogens (primary N) is 1. The standard InChI is InChI=1S/C31H47NO6/c1-16(2)9-8-10-19(28(36)37)25-21-13-23(34)27-29(5)14-22(32)26(35)17(3)20(29)11-12-30(27,6)31(21,7)15-24(25)38-18(4)33/h8-10,17,20-24,26-27,34-35H,11-15,32H2,1-7H3,(H,36,37)/b10-8-,25-19-/t17-,20-,21-,22+,23+,24-,26-,27-,29-,30-,31-/m0/s1. The van der Waals surface area contributed by atoms with E-state index in [1.54, 1.807) is 12.2 Å². The summed E-state index contributed by atoms with van der Waals surface area (Å²) in [6.45, 7) is 14.0. The molecule has 0 amide bonds. The minimum atomic E-state index is -1.06. The summed E-state index contributed by atoms with van der Waals surface area (Å²) in [6, 6.07) is -0.349. The van der Waals surface area contributed by atoms with Crippen molar-refractivity contribution < 1.29 is 29.6 Å². The van der Waals surface area contributed by atoms with Gasteiger partial charge in [0.15, 0.2) is 0 Å². The van der Waals surface area contributed by atoms with Gasteiger partial charge in [-0.15, -0.1) is 0 Å². The quantitative estimate of drug-likeness (QED) is 0.242. The van der Waals surface area contributed by atoms with E-state index in [1.165, 1.54) is 6.92 Å². The number of esters is 1. The van der Waals surface area contributed by atoms with Crippen molar-refractivity contribution in [2.45, 2.75) is 105 Å². The first-order valence-corrected chi connectivity index (χ1v) is 14.2. The van der Waals surface area contributed by atoms with Crippen molar-refractivity contribution in [3.05, 3.63) is 34.9 Å². The maximum absolute atomic E-state index is 12.6. The topological polar surface area (TPSA) is 130 Å². The molecule has 38 heavy (non-hydrogen) atoms. The zero-order valence-electron chi connectivity index (χ0n) is 24.0. The number of fused-ring (bicyclic) bond motifs is 5. The number of aliphatic carboxylic acids is 1. The number of allylic oxidation sites excluding steroid dienone is 3. The predicted molar refractivity (Wildman–Crippen MR) is 146 cm³/mol. The maximum atomic E-state index is 12.6. The lowest BCUT2D eigenvalue weighted by Gasteiger charge is -2.69. The third-order valence-corrected chi connectivity index (χ3v) is 11.3. The largest absolute Gasteiger partial charge is 0.478 e. The van der Waals surface area contributed by atoms with E-state index in [0.717, 1.165) is 18.4 Å². The van der Waals surface area contributed by atoms with Gasteiger partial charge in [0.25, 0.3) is 0 Å². The molecule has 4 rings (SSSR count). The fourth-order valence-electron chi connectivity index (χ4n) is 9.70. The van der Waals surface area contributed by atoms with Crippen LogP contribution in [0.2, 0.25) is 0 Å². The fourth-order valence-corrected chi connectivity index (χ4v) is 9.70. The summed E-state index contributed by atoms with van der Waals surface area (Å²) in [7, 11) is 0. The predicted octanol–water partition coefficient (Wildman–Crippen LogP) is 4.38. The number of aliphatic hydroxyl groups excluding tert-OH is 2. The van der Waals surface area contributed by atoms with E-state index in [-0.39, 0.29) is 46.1 Å². The summed E-state index contributed by atoms with van der Waals surface area (Å²) in [5.74, 6) is -1.52. The van der Waals surface area contributed by atoms with Crippen LogP contribution in [0.1, 0.15) is 80.6 Å². The first-order valence-electron chi connectivity index (χ1n) is 14.2. The van der Waals surface area contributed by atoms with Crippen molar-refractivity contribution in [3.63, 3.8) is 0 Å². The number of carboxylic acids is 1. The SMILES string of the molecule is CC(=O)O[C@H]1C[C@@]2(C)[C@@H](C[C@@H](O)[C@H]3[C@@]4(C)C[C@@H](N)[C@@H](O)[C@@H](C)[C@@H]4CC[C@@]32C)/C1=C(\C=C/C=C(C)C)C(=O)O. The Balaban J connectivity index is 1.87. The summed E-state index contributed by atoms with van der Waals surface area (Å²) < 4.78 is 5.84. The third-order valence-electron chi connectivity index (χ3n) is 11.3. The molecular formula is C31H47NO6. The molecule has 4 saturated carbocycles. The molecule has 5 N–H and O–H groups in total. The van der Waals surface area contributed by atoms with Gasteiger partial charge in [0, 0.05) is 13.0 Å². The Hall–Kier alpha value is -1.96. The average molecular weight is 530 g/mol. The molecule has 7 nitrogen and oxygen atoms in total. The van der Waals surface area contributed by atoms with E-state index in [4.69, 9.17) is 10.5 Å². The van der Waals surface area contributed by atoms with Gasteiger partial charge in [0.2, 0.25) is 0 Å². The summed E-state index contributed by atoms with van der Waals surface area (Å²) in [5.41, 5.74) is 7.29. The van der Waals surface area contributed by atoms with Crippen LogP contribution in [0.25, 0.3) is 0 Å². The smallest absolute Gasteiger partial charge is 0.335 e. The van der Waals surface area contributed by atoms with Crippen LogP contribution in [0.5, 0.6) is 0 Å². The lowest BCUT2D eigenvalue weighted by Crippen LogP contribution is -2.68. The van der Waals surface area contributed by atoms with Gasteiger partial charge in [-0.05, 0) is 97.5 Å². The van der Waals surface area contributed by atoms with Gasteiger partial charge in [-0.3, -0.25) is 4.79 Å². The number of carbonyl (C=O) groups is 2. The number of hydrogen-bond donors (Lipinski definition) is 4. The van der Waals surface area contributed by atoms with Crippen LogP contribution in [-0.4, -0.2) is 51.6 Å². The van der Waals surface area contributed by atoms with Gasteiger partial charge < -0.3 is 25.8 Å². The zero-order chi connectivity index (χ0) is 28.4. The molecule has 0 spiro atoms. The van der Waals surface area contributed by atoms with Crippen molar-refractivity contribution >= 4 is 11.9 Å².